The Balaban J connectivity index is 1.86. The molecule has 3 heteroatoms. The second-order valence-electron chi connectivity index (χ2n) is 5.72. The summed E-state index contributed by atoms with van der Waals surface area (Å²) < 4.78 is 5.49. The summed E-state index contributed by atoms with van der Waals surface area (Å²) in [5, 5.41) is 10.4. The first-order valence-corrected chi connectivity index (χ1v) is 5.97. The molecule has 2 unspecified atom stereocenters. The van der Waals surface area contributed by atoms with Crippen LogP contribution in [-0.4, -0.2) is 22.3 Å². The molecule has 1 radical (unpaired) electrons. The second kappa shape index (κ2) is 3.10. The summed E-state index contributed by atoms with van der Waals surface area (Å²) in [4.78, 5) is 11.4. The van der Waals surface area contributed by atoms with E-state index in [-0.39, 0.29) is 5.97 Å². The summed E-state index contributed by atoms with van der Waals surface area (Å²) in [6.45, 7) is 3.43. The number of aliphatic hydroxyl groups is 1. The van der Waals surface area contributed by atoms with Crippen molar-refractivity contribution in [2.75, 3.05) is 0 Å². The zero-order valence-electron chi connectivity index (χ0n) is 9.32. The quantitative estimate of drug-likeness (QED) is 0.569. The van der Waals surface area contributed by atoms with Gasteiger partial charge in [0.2, 0.25) is 0 Å². The number of ether oxygens (including phenoxy) is 1. The highest BCUT2D eigenvalue weighted by Crippen LogP contribution is 2.58. The molecule has 0 aromatic rings. The first kappa shape index (κ1) is 10.3. The van der Waals surface area contributed by atoms with E-state index in [1.807, 2.05) is 6.42 Å². The summed E-state index contributed by atoms with van der Waals surface area (Å²) in [7, 11) is 0. The molecule has 4 fully saturated rings. The van der Waals surface area contributed by atoms with Gasteiger partial charge in [0.1, 0.15) is 5.60 Å². The van der Waals surface area contributed by atoms with Gasteiger partial charge in [0.25, 0.3) is 0 Å². The van der Waals surface area contributed by atoms with Crippen LogP contribution in [0, 0.1) is 18.3 Å². The normalized spacial score (nSPS) is 49.1. The van der Waals surface area contributed by atoms with Crippen molar-refractivity contribution < 1.29 is 14.6 Å². The maximum Gasteiger partial charge on any atom is 0.330 e. The van der Waals surface area contributed by atoms with Crippen molar-refractivity contribution in [1.29, 1.82) is 0 Å². The molecule has 0 amide bonds. The lowest BCUT2D eigenvalue weighted by atomic mass is 9.52. The van der Waals surface area contributed by atoms with E-state index in [0.717, 1.165) is 25.7 Å². The third-order valence-electron chi connectivity index (χ3n) is 4.22. The molecule has 0 saturated heterocycles. The molecule has 4 rings (SSSR count). The summed E-state index contributed by atoms with van der Waals surface area (Å²) in [5.41, 5.74) is -1.20. The highest BCUT2D eigenvalue weighted by Gasteiger charge is 2.59. The Kier molecular flexibility index (Phi) is 2.00. The Labute approximate surface area is 95.5 Å². The molecule has 4 aliphatic rings. The summed E-state index contributed by atoms with van der Waals surface area (Å²) in [6, 6.07) is 0. The maximum atomic E-state index is 11.4. The fourth-order valence-corrected chi connectivity index (χ4v) is 4.17. The largest absolute Gasteiger partial charge is 0.455 e. The number of carbonyl (C=O) groups excluding carboxylic acids is 1. The molecule has 0 aromatic carbocycles. The van der Waals surface area contributed by atoms with Crippen molar-refractivity contribution in [3.8, 4) is 0 Å². The van der Waals surface area contributed by atoms with Crippen LogP contribution < -0.4 is 0 Å². The van der Waals surface area contributed by atoms with Crippen LogP contribution in [0.3, 0.4) is 0 Å². The number of esters is 1. The zero-order chi connectivity index (χ0) is 11.4. The lowest BCUT2D eigenvalue weighted by molar-refractivity contribution is -0.186. The predicted molar refractivity (Wildman–Crippen MR) is 58.3 cm³/mol. The van der Waals surface area contributed by atoms with E-state index in [0.29, 0.717) is 11.8 Å². The lowest BCUT2D eigenvalue weighted by Gasteiger charge is -2.58. The smallest absolute Gasteiger partial charge is 0.330 e. The van der Waals surface area contributed by atoms with Gasteiger partial charge in [-0.05, 0) is 43.9 Å². The fourth-order valence-electron chi connectivity index (χ4n) is 4.17. The Morgan fingerprint density at radius 2 is 2.00 bits per heavy atom. The summed E-state index contributed by atoms with van der Waals surface area (Å²) in [6.07, 6.45) is 7.72. The van der Waals surface area contributed by atoms with Crippen molar-refractivity contribution >= 4 is 5.97 Å². The molecule has 16 heavy (non-hydrogen) atoms. The van der Waals surface area contributed by atoms with Crippen LogP contribution in [0.1, 0.15) is 32.1 Å². The van der Waals surface area contributed by atoms with Crippen molar-refractivity contribution in [3.05, 3.63) is 19.1 Å². The molecule has 0 spiro atoms. The molecule has 0 aromatic heterocycles. The van der Waals surface area contributed by atoms with Crippen molar-refractivity contribution in [2.45, 2.75) is 43.3 Å². The third kappa shape index (κ3) is 1.49. The summed E-state index contributed by atoms with van der Waals surface area (Å²) in [5.74, 6) is 0.655. The monoisotopic (exact) mass is 221 g/mol. The topological polar surface area (TPSA) is 46.5 Å². The summed E-state index contributed by atoms with van der Waals surface area (Å²) >= 11 is 0. The standard InChI is InChI=1S/C13H17O3/c1-2-11(14)16-13-6-9-3-10(7-13)5-12(15,4-9)8-13/h2,8-10,15H,1,3-7H2. The fraction of sp³-hybridized carbons (Fsp3) is 0.692. The van der Waals surface area contributed by atoms with Gasteiger partial charge in [0, 0.05) is 12.5 Å². The van der Waals surface area contributed by atoms with Crippen LogP contribution in [0.2, 0.25) is 0 Å². The first-order chi connectivity index (χ1) is 7.53. The second-order valence-corrected chi connectivity index (χ2v) is 5.72. The Bertz CT molecular complexity index is 333. The number of rotatable bonds is 2. The van der Waals surface area contributed by atoms with Crippen LogP contribution in [0.25, 0.3) is 0 Å². The molecule has 4 aliphatic carbocycles. The van der Waals surface area contributed by atoms with Crippen LogP contribution in [0.15, 0.2) is 12.7 Å². The number of carbonyl (C=O) groups is 1. The Hall–Kier alpha value is -0.830. The molecule has 87 valence electrons. The zero-order valence-corrected chi connectivity index (χ0v) is 9.32. The van der Waals surface area contributed by atoms with E-state index >= 15 is 0 Å². The van der Waals surface area contributed by atoms with Gasteiger partial charge in [-0.3, -0.25) is 0 Å². The molecule has 0 aliphatic heterocycles. The highest BCUT2D eigenvalue weighted by atomic mass is 16.6. The van der Waals surface area contributed by atoms with Gasteiger partial charge in [-0.2, -0.15) is 0 Å². The van der Waals surface area contributed by atoms with Gasteiger partial charge in [-0.15, -0.1) is 0 Å². The van der Waals surface area contributed by atoms with Crippen LogP contribution in [0.5, 0.6) is 0 Å². The average Bonchev–Trinajstić information content (AvgIpc) is 2.12. The minimum absolute atomic E-state index is 0.373. The van der Waals surface area contributed by atoms with Crippen LogP contribution >= 0.6 is 0 Å². The van der Waals surface area contributed by atoms with Gasteiger partial charge in [0.05, 0.1) is 5.60 Å². The van der Waals surface area contributed by atoms with Crippen LogP contribution in [-0.2, 0) is 9.53 Å². The molecule has 2 atom stereocenters. The van der Waals surface area contributed by atoms with E-state index in [4.69, 9.17) is 4.74 Å². The van der Waals surface area contributed by atoms with Crippen LogP contribution in [0.4, 0.5) is 0 Å². The van der Waals surface area contributed by atoms with Gasteiger partial charge in [0.15, 0.2) is 0 Å². The SMILES string of the molecule is C=CC(=O)OC12[CH]C3(O)CC(CC(C3)C1)C2. The molecule has 3 nitrogen and oxygen atoms in total. The van der Waals surface area contributed by atoms with Crippen molar-refractivity contribution in [1.82, 2.24) is 0 Å². The van der Waals surface area contributed by atoms with E-state index in [2.05, 4.69) is 6.58 Å². The number of hydrogen-bond donors (Lipinski definition) is 1. The average molecular weight is 221 g/mol. The van der Waals surface area contributed by atoms with E-state index < -0.39 is 11.2 Å². The van der Waals surface area contributed by atoms with E-state index in [9.17, 15) is 9.90 Å². The van der Waals surface area contributed by atoms with Crippen molar-refractivity contribution in [3.63, 3.8) is 0 Å². The molecule has 4 bridgehead atoms. The molecular weight excluding hydrogens is 204 g/mol. The van der Waals surface area contributed by atoms with Gasteiger partial charge < -0.3 is 9.84 Å². The van der Waals surface area contributed by atoms with Gasteiger partial charge in [-0.25, -0.2) is 4.79 Å². The minimum atomic E-state index is -0.689. The maximum absolute atomic E-state index is 11.4. The first-order valence-electron chi connectivity index (χ1n) is 5.97. The van der Waals surface area contributed by atoms with Gasteiger partial charge >= 0.3 is 5.97 Å². The van der Waals surface area contributed by atoms with Crippen molar-refractivity contribution in [2.24, 2.45) is 11.8 Å². The van der Waals surface area contributed by atoms with E-state index in [1.165, 1.54) is 12.5 Å². The molecular formula is C13H17O3. The Morgan fingerprint density at radius 1 is 1.38 bits per heavy atom. The highest BCUT2D eigenvalue weighted by molar-refractivity contribution is 5.81. The number of hydrogen-bond acceptors (Lipinski definition) is 3. The molecule has 1 N–H and O–H groups in total. The molecule has 0 heterocycles. The van der Waals surface area contributed by atoms with Gasteiger partial charge in [-0.1, -0.05) is 6.58 Å². The third-order valence-corrected chi connectivity index (χ3v) is 4.22. The van der Waals surface area contributed by atoms with E-state index in [1.54, 1.807) is 0 Å². The minimum Gasteiger partial charge on any atom is -0.455 e. The Morgan fingerprint density at radius 3 is 2.50 bits per heavy atom. The molecule has 4 saturated carbocycles. The lowest BCUT2D eigenvalue weighted by Crippen LogP contribution is -2.60. The predicted octanol–water partition coefficient (Wildman–Crippen LogP) is 1.61.